The average Bonchev–Trinajstić information content (AvgIpc) is 3.26. The number of amides is 1. The Morgan fingerprint density at radius 1 is 1.17 bits per heavy atom. The number of H-pyrrole nitrogens is 1. The third kappa shape index (κ3) is 4.40. The molecule has 7 heteroatoms. The Labute approximate surface area is 174 Å². The lowest BCUT2D eigenvalue weighted by molar-refractivity contribution is 0.0956. The van der Waals surface area contributed by atoms with Crippen LogP contribution in [0, 0.1) is 0 Å². The van der Waals surface area contributed by atoms with Gasteiger partial charge in [0.15, 0.2) is 11.5 Å². The smallest absolute Gasteiger partial charge is 0.251 e. The Kier molecular flexibility index (Phi) is 6.05. The summed E-state index contributed by atoms with van der Waals surface area (Å²) >= 11 is 1.81. The number of nitrogens with one attached hydrogen (secondary N) is 2. The van der Waals surface area contributed by atoms with E-state index in [1.807, 2.05) is 60.3 Å². The number of fused-ring (bicyclic) bond motifs is 1. The summed E-state index contributed by atoms with van der Waals surface area (Å²) in [4.78, 5) is 12.2. The Morgan fingerprint density at radius 3 is 2.83 bits per heavy atom. The van der Waals surface area contributed by atoms with Crippen LogP contribution in [0.25, 0.3) is 22.5 Å². The number of aromatic nitrogens is 2. The Bertz CT molecular complexity index is 985. The molecule has 0 bridgehead atoms. The first kappa shape index (κ1) is 19.4. The first-order valence-electron chi connectivity index (χ1n) is 9.67. The molecule has 0 spiro atoms. The van der Waals surface area contributed by atoms with Gasteiger partial charge in [-0.25, -0.2) is 0 Å². The number of rotatable bonds is 7. The molecule has 3 aromatic rings. The molecule has 0 aliphatic carbocycles. The number of aromatic amines is 1. The lowest BCUT2D eigenvalue weighted by Gasteiger charge is -2.20. The van der Waals surface area contributed by atoms with Crippen LogP contribution in [0.5, 0.6) is 11.5 Å². The predicted octanol–water partition coefficient (Wildman–Crippen LogP) is 4.00. The van der Waals surface area contributed by atoms with Crippen molar-refractivity contribution in [2.45, 2.75) is 6.92 Å². The molecule has 0 saturated heterocycles. The van der Waals surface area contributed by atoms with Crippen molar-refractivity contribution in [3.63, 3.8) is 0 Å². The highest BCUT2D eigenvalue weighted by molar-refractivity contribution is 7.99. The highest BCUT2D eigenvalue weighted by Gasteiger charge is 2.18. The van der Waals surface area contributed by atoms with Crippen LogP contribution in [0.2, 0.25) is 0 Å². The second kappa shape index (κ2) is 9.05. The summed E-state index contributed by atoms with van der Waals surface area (Å²) in [6.45, 7) is 3.88. The van der Waals surface area contributed by atoms with Gasteiger partial charge in [-0.3, -0.25) is 9.89 Å². The third-order valence-corrected chi connectivity index (χ3v) is 5.51. The van der Waals surface area contributed by atoms with Crippen molar-refractivity contribution < 1.29 is 14.3 Å². The Morgan fingerprint density at radius 2 is 2.00 bits per heavy atom. The van der Waals surface area contributed by atoms with Gasteiger partial charge in [-0.2, -0.15) is 16.9 Å². The molecule has 2 heterocycles. The number of thioether (sulfide) groups is 1. The Hall–Kier alpha value is -2.93. The number of hydrogen-bond donors (Lipinski definition) is 2. The van der Waals surface area contributed by atoms with E-state index in [1.54, 1.807) is 0 Å². The van der Waals surface area contributed by atoms with Crippen LogP contribution in [-0.4, -0.2) is 47.4 Å². The van der Waals surface area contributed by atoms with E-state index in [-0.39, 0.29) is 5.91 Å². The number of benzene rings is 2. The van der Waals surface area contributed by atoms with E-state index in [0.29, 0.717) is 25.3 Å². The highest BCUT2D eigenvalue weighted by atomic mass is 32.2. The van der Waals surface area contributed by atoms with Gasteiger partial charge in [-0.05, 0) is 36.1 Å². The molecular formula is C22H23N3O3S. The van der Waals surface area contributed by atoms with Gasteiger partial charge < -0.3 is 14.8 Å². The van der Waals surface area contributed by atoms with Gasteiger partial charge in [0.25, 0.3) is 5.91 Å². The van der Waals surface area contributed by atoms with Gasteiger partial charge >= 0.3 is 0 Å². The standard InChI is InChI=1S/C22H23N3O3S/c1-2-29-13-10-23-22(26)16-8-6-15(7-9-16)18-14-19(25-24-18)17-4-3-5-20-21(17)28-12-11-27-20/h3-9,14H,2,10-13H2,1H3,(H,23,26)(H,24,25). The van der Waals surface area contributed by atoms with Gasteiger partial charge in [0.05, 0.1) is 11.4 Å². The van der Waals surface area contributed by atoms with E-state index in [4.69, 9.17) is 9.47 Å². The zero-order valence-electron chi connectivity index (χ0n) is 16.2. The molecule has 0 radical (unpaired) electrons. The SMILES string of the molecule is CCSCCNC(=O)c1ccc(-c2cc(-c3cccc4c3OCCO4)[nH]n2)cc1. The van der Waals surface area contributed by atoms with Crippen molar-refractivity contribution in [1.29, 1.82) is 0 Å². The van der Waals surface area contributed by atoms with Crippen LogP contribution in [0.15, 0.2) is 48.5 Å². The molecule has 0 saturated carbocycles. The molecule has 0 fully saturated rings. The Balaban J connectivity index is 1.48. The largest absolute Gasteiger partial charge is 0.486 e. The molecule has 4 rings (SSSR count). The molecule has 1 aliphatic heterocycles. The van der Waals surface area contributed by atoms with E-state index < -0.39 is 0 Å². The minimum Gasteiger partial charge on any atom is -0.486 e. The molecule has 6 nitrogen and oxygen atoms in total. The summed E-state index contributed by atoms with van der Waals surface area (Å²) in [5.41, 5.74) is 4.17. The zero-order chi connectivity index (χ0) is 20.1. The first-order chi connectivity index (χ1) is 14.3. The fourth-order valence-electron chi connectivity index (χ4n) is 3.17. The molecule has 2 N–H and O–H groups in total. The van der Waals surface area contributed by atoms with Crippen molar-refractivity contribution in [3.8, 4) is 34.0 Å². The topological polar surface area (TPSA) is 76.2 Å². The van der Waals surface area contributed by atoms with E-state index in [9.17, 15) is 4.79 Å². The normalized spacial score (nSPS) is 12.6. The summed E-state index contributed by atoms with van der Waals surface area (Å²) in [5.74, 6) is 3.42. The van der Waals surface area contributed by atoms with E-state index in [0.717, 1.165) is 45.5 Å². The van der Waals surface area contributed by atoms with Crippen molar-refractivity contribution in [1.82, 2.24) is 15.5 Å². The van der Waals surface area contributed by atoms with Crippen LogP contribution in [0.4, 0.5) is 0 Å². The fraction of sp³-hybridized carbons (Fsp3) is 0.273. The number of hydrogen-bond acceptors (Lipinski definition) is 5. The van der Waals surface area contributed by atoms with Gasteiger partial charge in [-0.15, -0.1) is 0 Å². The van der Waals surface area contributed by atoms with Gasteiger partial charge in [0, 0.05) is 29.0 Å². The molecule has 29 heavy (non-hydrogen) atoms. The maximum Gasteiger partial charge on any atom is 0.251 e. The highest BCUT2D eigenvalue weighted by Crippen LogP contribution is 2.39. The molecule has 1 aromatic heterocycles. The van der Waals surface area contributed by atoms with Crippen LogP contribution in [0.1, 0.15) is 17.3 Å². The molecular weight excluding hydrogens is 386 g/mol. The van der Waals surface area contributed by atoms with Crippen molar-refractivity contribution in [2.24, 2.45) is 0 Å². The van der Waals surface area contributed by atoms with Crippen LogP contribution in [-0.2, 0) is 0 Å². The van der Waals surface area contributed by atoms with E-state index in [1.165, 1.54) is 0 Å². The van der Waals surface area contributed by atoms with E-state index >= 15 is 0 Å². The van der Waals surface area contributed by atoms with Crippen LogP contribution in [0.3, 0.4) is 0 Å². The molecule has 0 unspecified atom stereocenters. The lowest BCUT2D eigenvalue weighted by atomic mass is 10.1. The number of ether oxygens (including phenoxy) is 2. The quantitative estimate of drug-likeness (QED) is 0.577. The van der Waals surface area contributed by atoms with Crippen molar-refractivity contribution in [3.05, 3.63) is 54.1 Å². The monoisotopic (exact) mass is 409 g/mol. The van der Waals surface area contributed by atoms with Crippen LogP contribution >= 0.6 is 11.8 Å². The third-order valence-electron chi connectivity index (χ3n) is 4.61. The summed E-state index contributed by atoms with van der Waals surface area (Å²) < 4.78 is 11.5. The molecule has 1 amide bonds. The summed E-state index contributed by atoms with van der Waals surface area (Å²) in [7, 11) is 0. The number of para-hydroxylation sites is 1. The van der Waals surface area contributed by atoms with Crippen molar-refractivity contribution >= 4 is 17.7 Å². The van der Waals surface area contributed by atoms with Gasteiger partial charge in [-0.1, -0.05) is 25.1 Å². The molecule has 2 aromatic carbocycles. The van der Waals surface area contributed by atoms with Crippen LogP contribution < -0.4 is 14.8 Å². The van der Waals surface area contributed by atoms with E-state index in [2.05, 4.69) is 22.4 Å². The summed E-state index contributed by atoms with van der Waals surface area (Å²) in [5, 5.41) is 10.5. The minimum absolute atomic E-state index is 0.0518. The second-order valence-electron chi connectivity index (χ2n) is 6.53. The predicted molar refractivity (Wildman–Crippen MR) is 116 cm³/mol. The summed E-state index contributed by atoms with van der Waals surface area (Å²) in [6.07, 6.45) is 0. The number of nitrogens with zero attached hydrogens (tertiary/aromatic N) is 1. The maximum atomic E-state index is 12.2. The fourth-order valence-corrected chi connectivity index (χ4v) is 3.70. The summed E-state index contributed by atoms with van der Waals surface area (Å²) in [6, 6.07) is 15.3. The molecule has 150 valence electrons. The zero-order valence-corrected chi connectivity index (χ0v) is 17.1. The first-order valence-corrected chi connectivity index (χ1v) is 10.8. The van der Waals surface area contributed by atoms with Gasteiger partial charge in [0.1, 0.15) is 13.2 Å². The molecule has 0 atom stereocenters. The minimum atomic E-state index is -0.0518. The lowest BCUT2D eigenvalue weighted by Crippen LogP contribution is -2.25. The van der Waals surface area contributed by atoms with Gasteiger partial charge in [0.2, 0.25) is 0 Å². The number of carbonyl (C=O) groups excluding carboxylic acids is 1. The number of carbonyl (C=O) groups is 1. The average molecular weight is 410 g/mol. The second-order valence-corrected chi connectivity index (χ2v) is 7.92. The van der Waals surface area contributed by atoms with Crippen molar-refractivity contribution in [2.75, 3.05) is 31.3 Å². The maximum absolute atomic E-state index is 12.2. The molecule has 1 aliphatic rings.